The summed E-state index contributed by atoms with van der Waals surface area (Å²) < 4.78 is 82.9. The maximum Gasteiger partial charge on any atom is 0.416 e. The highest BCUT2D eigenvalue weighted by atomic mass is 19.4. The monoisotopic (exact) mass is 422 g/mol. The van der Waals surface area contributed by atoms with Crippen LogP contribution in [0.15, 0.2) is 22.6 Å². The Kier molecular flexibility index (Phi) is 6.06. The van der Waals surface area contributed by atoms with E-state index in [0.29, 0.717) is 29.5 Å². The standard InChI is InChI=1S/C19H20F6N2O2/c1-10-14(29-16(26-10)17(2,3)4)5-6-15(28)27-13-8-11(18(20,21)22)7-12(9-13)19(23,24)25/h7-9H,5-6H2,1-4H3,(H,27,28). The third-order valence-corrected chi connectivity index (χ3v) is 3.98. The number of hydrogen-bond donors (Lipinski definition) is 1. The summed E-state index contributed by atoms with van der Waals surface area (Å²) in [6, 6.07) is 0.927. The molecule has 0 aliphatic rings. The number of hydrogen-bond acceptors (Lipinski definition) is 3. The second-order valence-corrected chi connectivity index (χ2v) is 7.62. The minimum atomic E-state index is -4.99. The van der Waals surface area contributed by atoms with Gasteiger partial charge in [0.05, 0.1) is 16.8 Å². The van der Waals surface area contributed by atoms with Gasteiger partial charge in [-0.2, -0.15) is 26.3 Å². The number of nitrogens with one attached hydrogen (secondary N) is 1. The van der Waals surface area contributed by atoms with Crippen molar-refractivity contribution in [1.82, 2.24) is 4.98 Å². The predicted octanol–water partition coefficient (Wildman–Crippen LogP) is 5.89. The second-order valence-electron chi connectivity index (χ2n) is 7.62. The number of carbonyl (C=O) groups excluding carboxylic acids is 1. The lowest BCUT2D eigenvalue weighted by atomic mass is 9.97. The summed E-state index contributed by atoms with van der Waals surface area (Å²) in [7, 11) is 0. The van der Waals surface area contributed by atoms with Crippen molar-refractivity contribution in [2.24, 2.45) is 0 Å². The molecule has 4 nitrogen and oxygen atoms in total. The van der Waals surface area contributed by atoms with E-state index in [-0.39, 0.29) is 24.3 Å². The summed E-state index contributed by atoms with van der Waals surface area (Å²) in [4.78, 5) is 16.4. The van der Waals surface area contributed by atoms with Gasteiger partial charge < -0.3 is 9.73 Å². The zero-order valence-electron chi connectivity index (χ0n) is 16.2. The third kappa shape index (κ3) is 5.98. The molecule has 160 valence electrons. The Balaban J connectivity index is 2.16. The molecule has 1 N–H and O–H groups in total. The number of anilines is 1. The van der Waals surface area contributed by atoms with E-state index < -0.39 is 35.1 Å². The van der Waals surface area contributed by atoms with Gasteiger partial charge in [-0.3, -0.25) is 4.79 Å². The SMILES string of the molecule is Cc1nc(C(C)(C)C)oc1CCC(=O)Nc1cc(C(F)(F)F)cc(C(F)(F)F)c1. The zero-order chi connectivity index (χ0) is 22.2. The summed E-state index contributed by atoms with van der Waals surface area (Å²) in [6.07, 6.45) is -10.1. The van der Waals surface area contributed by atoms with Crippen molar-refractivity contribution < 1.29 is 35.6 Å². The number of nitrogens with zero attached hydrogens (tertiary/aromatic N) is 1. The van der Waals surface area contributed by atoms with Crippen LogP contribution in [0.4, 0.5) is 32.0 Å². The Hall–Kier alpha value is -2.52. The highest BCUT2D eigenvalue weighted by Gasteiger charge is 2.37. The molecule has 0 fully saturated rings. The molecular weight excluding hydrogens is 402 g/mol. The number of halogens is 6. The average Bonchev–Trinajstić information content (AvgIpc) is 2.92. The maximum absolute atomic E-state index is 12.9. The van der Waals surface area contributed by atoms with Crippen molar-refractivity contribution in [3.05, 3.63) is 46.7 Å². The molecule has 1 amide bonds. The van der Waals surface area contributed by atoms with Crippen molar-refractivity contribution in [1.29, 1.82) is 0 Å². The highest BCUT2D eigenvalue weighted by Crippen LogP contribution is 2.37. The molecule has 0 aliphatic carbocycles. The van der Waals surface area contributed by atoms with Crippen molar-refractivity contribution in [3.8, 4) is 0 Å². The summed E-state index contributed by atoms with van der Waals surface area (Å²) in [5.41, 5.74) is -3.35. The molecule has 1 heterocycles. The summed E-state index contributed by atoms with van der Waals surface area (Å²) in [5.74, 6) is 0.161. The summed E-state index contributed by atoms with van der Waals surface area (Å²) >= 11 is 0. The van der Waals surface area contributed by atoms with Gasteiger partial charge >= 0.3 is 12.4 Å². The Morgan fingerprint density at radius 1 is 1.00 bits per heavy atom. The van der Waals surface area contributed by atoms with Crippen LogP contribution in [0, 0.1) is 6.92 Å². The number of benzene rings is 1. The number of alkyl halides is 6. The number of carbonyl (C=O) groups is 1. The van der Waals surface area contributed by atoms with Crippen molar-refractivity contribution in [2.75, 3.05) is 5.32 Å². The van der Waals surface area contributed by atoms with Gasteiger partial charge in [0, 0.05) is 23.9 Å². The van der Waals surface area contributed by atoms with Crippen LogP contribution >= 0.6 is 0 Å². The Labute approximate surface area is 163 Å². The summed E-state index contributed by atoms with van der Waals surface area (Å²) in [5, 5.41) is 2.09. The molecule has 29 heavy (non-hydrogen) atoms. The molecule has 10 heteroatoms. The molecule has 1 aromatic heterocycles. The van der Waals surface area contributed by atoms with Gasteiger partial charge in [0.15, 0.2) is 5.89 Å². The van der Waals surface area contributed by atoms with Crippen LogP contribution in [-0.2, 0) is 29.0 Å². The summed E-state index contributed by atoms with van der Waals surface area (Å²) in [6.45, 7) is 7.36. The zero-order valence-corrected chi connectivity index (χ0v) is 16.2. The van der Waals surface area contributed by atoms with Crippen LogP contribution in [0.1, 0.15) is 55.7 Å². The van der Waals surface area contributed by atoms with Crippen molar-refractivity contribution in [2.45, 2.75) is 58.3 Å². The van der Waals surface area contributed by atoms with Crippen LogP contribution in [0.5, 0.6) is 0 Å². The highest BCUT2D eigenvalue weighted by molar-refractivity contribution is 5.91. The molecular formula is C19H20F6N2O2. The van der Waals surface area contributed by atoms with Crippen LogP contribution in [0.2, 0.25) is 0 Å². The molecule has 0 spiro atoms. The average molecular weight is 422 g/mol. The minimum absolute atomic E-state index is 0.00155. The fourth-order valence-corrected chi connectivity index (χ4v) is 2.46. The number of rotatable bonds is 4. The lowest BCUT2D eigenvalue weighted by molar-refractivity contribution is -0.143. The number of oxazole rings is 1. The van der Waals surface area contributed by atoms with Gasteiger partial charge in [-0.05, 0) is 25.1 Å². The van der Waals surface area contributed by atoms with E-state index in [1.165, 1.54) is 0 Å². The van der Waals surface area contributed by atoms with E-state index in [0.717, 1.165) is 0 Å². The first-order chi connectivity index (χ1) is 13.1. The predicted molar refractivity (Wildman–Crippen MR) is 93.3 cm³/mol. The molecule has 1 aromatic carbocycles. The van der Waals surface area contributed by atoms with E-state index >= 15 is 0 Å². The molecule has 2 rings (SSSR count). The van der Waals surface area contributed by atoms with E-state index in [2.05, 4.69) is 10.3 Å². The Morgan fingerprint density at radius 2 is 1.52 bits per heavy atom. The molecule has 0 saturated carbocycles. The first-order valence-corrected chi connectivity index (χ1v) is 8.63. The van der Waals surface area contributed by atoms with E-state index in [1.54, 1.807) is 6.92 Å². The second kappa shape index (κ2) is 7.72. The Bertz CT molecular complexity index is 859. The number of aromatic nitrogens is 1. The van der Waals surface area contributed by atoms with Crippen LogP contribution in [0.3, 0.4) is 0 Å². The van der Waals surface area contributed by atoms with Gasteiger partial charge in [-0.25, -0.2) is 4.98 Å². The number of amides is 1. The first kappa shape index (κ1) is 22.8. The molecule has 0 radical (unpaired) electrons. The van der Waals surface area contributed by atoms with Crippen LogP contribution < -0.4 is 5.32 Å². The first-order valence-electron chi connectivity index (χ1n) is 8.63. The van der Waals surface area contributed by atoms with Gasteiger partial charge in [0.25, 0.3) is 0 Å². The lowest BCUT2D eigenvalue weighted by Gasteiger charge is -2.14. The van der Waals surface area contributed by atoms with Gasteiger partial charge in [-0.15, -0.1) is 0 Å². The van der Waals surface area contributed by atoms with Crippen molar-refractivity contribution in [3.63, 3.8) is 0 Å². The van der Waals surface area contributed by atoms with Gasteiger partial charge in [0.2, 0.25) is 5.91 Å². The van der Waals surface area contributed by atoms with E-state index in [1.807, 2.05) is 20.8 Å². The molecule has 0 aliphatic heterocycles. The molecule has 0 bridgehead atoms. The normalized spacial score (nSPS) is 12.9. The maximum atomic E-state index is 12.9. The van der Waals surface area contributed by atoms with E-state index in [9.17, 15) is 31.1 Å². The number of aryl methyl sites for hydroxylation is 2. The molecule has 0 atom stereocenters. The fourth-order valence-electron chi connectivity index (χ4n) is 2.46. The largest absolute Gasteiger partial charge is 0.445 e. The van der Waals surface area contributed by atoms with Crippen LogP contribution in [-0.4, -0.2) is 10.9 Å². The lowest BCUT2D eigenvalue weighted by Crippen LogP contribution is -2.16. The van der Waals surface area contributed by atoms with Crippen molar-refractivity contribution >= 4 is 11.6 Å². The molecule has 0 saturated heterocycles. The molecule has 2 aromatic rings. The van der Waals surface area contributed by atoms with Gasteiger partial charge in [-0.1, -0.05) is 20.8 Å². The quantitative estimate of drug-likeness (QED) is 0.625. The third-order valence-electron chi connectivity index (χ3n) is 3.98. The Morgan fingerprint density at radius 3 is 1.93 bits per heavy atom. The van der Waals surface area contributed by atoms with Crippen LogP contribution in [0.25, 0.3) is 0 Å². The minimum Gasteiger partial charge on any atom is -0.445 e. The van der Waals surface area contributed by atoms with E-state index in [4.69, 9.17) is 4.42 Å². The topological polar surface area (TPSA) is 55.1 Å². The van der Waals surface area contributed by atoms with Gasteiger partial charge in [0.1, 0.15) is 5.76 Å². The molecule has 0 unspecified atom stereocenters. The smallest absolute Gasteiger partial charge is 0.416 e. The fraction of sp³-hybridized carbons (Fsp3) is 0.474.